The van der Waals surface area contributed by atoms with Crippen molar-refractivity contribution in [1.29, 1.82) is 0 Å². The molecule has 0 bridgehead atoms. The number of ether oxygens (including phenoxy) is 1. The summed E-state index contributed by atoms with van der Waals surface area (Å²) in [4.78, 5) is 49.4. The van der Waals surface area contributed by atoms with Crippen molar-refractivity contribution in [2.75, 3.05) is 13.2 Å². The summed E-state index contributed by atoms with van der Waals surface area (Å²) in [5, 5.41) is 0. The summed E-state index contributed by atoms with van der Waals surface area (Å²) in [6.07, 6.45) is 0. The number of piperidine rings is 1. The highest BCUT2D eigenvalue weighted by Gasteiger charge is 2.72. The van der Waals surface area contributed by atoms with Gasteiger partial charge in [-0.25, -0.2) is 0 Å². The van der Waals surface area contributed by atoms with Gasteiger partial charge in [-0.1, -0.05) is 13.8 Å². The molecule has 1 aliphatic heterocycles. The average Bonchev–Trinajstić information content (AvgIpc) is 2.86. The maximum absolute atomic E-state index is 12.3. The Morgan fingerprint density at radius 2 is 1.67 bits per heavy atom. The molecule has 1 saturated carbocycles. The van der Waals surface area contributed by atoms with Crippen molar-refractivity contribution in [1.82, 2.24) is 4.90 Å². The third kappa shape index (κ3) is 2.17. The Morgan fingerprint density at radius 3 is 2.10 bits per heavy atom. The molecule has 2 unspecified atom stereocenters. The number of esters is 1. The molecule has 0 aromatic rings. The summed E-state index contributed by atoms with van der Waals surface area (Å²) < 4.78 is 4.86. The summed E-state index contributed by atoms with van der Waals surface area (Å²) in [6.45, 7) is 8.12. The molecule has 1 heterocycles. The minimum Gasteiger partial charge on any atom is -0.465 e. The van der Waals surface area contributed by atoms with E-state index in [2.05, 4.69) is 0 Å². The molecule has 1 aliphatic carbocycles. The van der Waals surface area contributed by atoms with Crippen molar-refractivity contribution in [2.24, 2.45) is 22.7 Å². The number of imide groups is 1. The van der Waals surface area contributed by atoms with Gasteiger partial charge in [0.25, 0.3) is 0 Å². The van der Waals surface area contributed by atoms with Crippen LogP contribution in [0.15, 0.2) is 0 Å². The second-order valence-corrected chi connectivity index (χ2v) is 6.81. The van der Waals surface area contributed by atoms with Gasteiger partial charge in [-0.2, -0.15) is 0 Å². The zero-order valence-electron chi connectivity index (χ0n) is 13.1. The van der Waals surface area contributed by atoms with Gasteiger partial charge in [0.2, 0.25) is 11.8 Å². The fraction of sp³-hybridized carbons (Fsp3) is 0.733. The van der Waals surface area contributed by atoms with Crippen LogP contribution in [-0.2, 0) is 23.9 Å². The van der Waals surface area contributed by atoms with E-state index in [1.165, 1.54) is 13.8 Å². The zero-order chi connectivity index (χ0) is 16.2. The first kappa shape index (κ1) is 15.7. The van der Waals surface area contributed by atoms with Gasteiger partial charge in [-0.3, -0.25) is 24.1 Å². The maximum Gasteiger partial charge on any atom is 0.319 e. The summed E-state index contributed by atoms with van der Waals surface area (Å²) >= 11 is 0. The summed E-state index contributed by atoms with van der Waals surface area (Å²) in [6, 6.07) is 0. The van der Waals surface area contributed by atoms with Crippen LogP contribution in [0.4, 0.5) is 0 Å². The molecule has 1 saturated heterocycles. The van der Waals surface area contributed by atoms with Gasteiger partial charge in [0, 0.05) is 0 Å². The van der Waals surface area contributed by atoms with Crippen LogP contribution in [0.1, 0.15) is 34.6 Å². The number of fused-ring (bicyclic) bond motifs is 1. The Bertz CT molecular complexity index is 510. The topological polar surface area (TPSA) is 80.8 Å². The van der Waals surface area contributed by atoms with E-state index in [4.69, 9.17) is 4.74 Å². The Kier molecular flexibility index (Phi) is 3.46. The third-order valence-electron chi connectivity index (χ3n) is 4.68. The van der Waals surface area contributed by atoms with Crippen molar-refractivity contribution in [2.45, 2.75) is 34.6 Å². The van der Waals surface area contributed by atoms with Crippen LogP contribution in [0.3, 0.4) is 0 Å². The summed E-state index contributed by atoms with van der Waals surface area (Å²) in [5.74, 6) is -2.36. The highest BCUT2D eigenvalue weighted by molar-refractivity contribution is 6.14. The Hall–Kier alpha value is -1.72. The molecule has 2 amide bonds. The summed E-state index contributed by atoms with van der Waals surface area (Å²) in [7, 11) is 0. The number of hydrogen-bond donors (Lipinski definition) is 0. The molecular formula is C15H21NO5. The van der Waals surface area contributed by atoms with Crippen LogP contribution in [0.5, 0.6) is 0 Å². The Labute approximate surface area is 123 Å². The lowest BCUT2D eigenvalue weighted by atomic mass is 9.87. The van der Waals surface area contributed by atoms with Gasteiger partial charge < -0.3 is 4.74 Å². The molecule has 2 atom stereocenters. The highest BCUT2D eigenvalue weighted by atomic mass is 16.5. The van der Waals surface area contributed by atoms with Gasteiger partial charge in [-0.05, 0) is 26.2 Å². The number of Topliss-reactive ketones (excluding diaryl/α,β-unsaturated/α-hetero) is 1. The minimum absolute atomic E-state index is 0.176. The van der Waals surface area contributed by atoms with E-state index in [1.54, 1.807) is 6.92 Å². The van der Waals surface area contributed by atoms with Gasteiger partial charge in [0.15, 0.2) is 5.78 Å². The lowest BCUT2D eigenvalue weighted by molar-refractivity contribution is -0.160. The predicted octanol–water partition coefficient (Wildman–Crippen LogP) is 0.786. The molecular weight excluding hydrogens is 274 g/mol. The van der Waals surface area contributed by atoms with Crippen molar-refractivity contribution in [3.05, 3.63) is 0 Å². The quantitative estimate of drug-likeness (QED) is 0.425. The molecule has 0 aromatic heterocycles. The third-order valence-corrected chi connectivity index (χ3v) is 4.68. The van der Waals surface area contributed by atoms with Crippen molar-refractivity contribution >= 4 is 23.6 Å². The van der Waals surface area contributed by atoms with Gasteiger partial charge in [0.1, 0.15) is 5.41 Å². The van der Waals surface area contributed by atoms with Crippen LogP contribution in [-0.4, -0.2) is 41.6 Å². The average molecular weight is 295 g/mol. The van der Waals surface area contributed by atoms with Crippen molar-refractivity contribution < 1.29 is 23.9 Å². The second kappa shape index (κ2) is 4.64. The molecule has 0 spiro atoms. The molecule has 0 radical (unpaired) electrons. The lowest BCUT2D eigenvalue weighted by Crippen LogP contribution is -2.46. The van der Waals surface area contributed by atoms with Gasteiger partial charge in [0.05, 0.1) is 25.0 Å². The molecule has 0 aromatic carbocycles. The maximum atomic E-state index is 12.3. The highest BCUT2D eigenvalue weighted by Crippen LogP contribution is 2.63. The Morgan fingerprint density at radius 1 is 1.19 bits per heavy atom. The molecule has 116 valence electrons. The zero-order valence-corrected chi connectivity index (χ0v) is 13.1. The predicted molar refractivity (Wildman–Crippen MR) is 72.9 cm³/mol. The van der Waals surface area contributed by atoms with E-state index in [-0.39, 0.29) is 42.2 Å². The molecule has 6 nitrogen and oxygen atoms in total. The van der Waals surface area contributed by atoms with E-state index in [9.17, 15) is 19.2 Å². The number of amides is 2. The summed E-state index contributed by atoms with van der Waals surface area (Å²) in [5.41, 5.74) is -1.66. The van der Waals surface area contributed by atoms with Gasteiger partial charge in [-0.15, -0.1) is 0 Å². The number of carbonyl (C=O) groups excluding carboxylic acids is 4. The molecule has 0 N–H and O–H groups in total. The first-order valence-electron chi connectivity index (χ1n) is 7.12. The van der Waals surface area contributed by atoms with Crippen LogP contribution < -0.4 is 0 Å². The largest absolute Gasteiger partial charge is 0.465 e. The number of rotatable bonds is 5. The minimum atomic E-state index is -1.36. The van der Waals surface area contributed by atoms with Crippen LogP contribution in [0.25, 0.3) is 0 Å². The first-order chi connectivity index (χ1) is 9.56. The molecule has 2 fully saturated rings. The lowest BCUT2D eigenvalue weighted by Gasteiger charge is -2.25. The normalized spacial score (nSPS) is 26.6. The van der Waals surface area contributed by atoms with Crippen LogP contribution >= 0.6 is 0 Å². The monoisotopic (exact) mass is 295 g/mol. The van der Waals surface area contributed by atoms with E-state index < -0.39 is 17.2 Å². The second-order valence-electron chi connectivity index (χ2n) is 6.81. The number of nitrogens with zero attached hydrogens (tertiary/aromatic N) is 1. The number of likely N-dealkylation sites (tertiary alicyclic amines) is 1. The van der Waals surface area contributed by atoms with Crippen molar-refractivity contribution in [3.8, 4) is 0 Å². The smallest absolute Gasteiger partial charge is 0.319 e. The first-order valence-corrected chi connectivity index (χ1v) is 7.12. The fourth-order valence-corrected chi connectivity index (χ4v) is 2.93. The standard InChI is InChI=1S/C15H21NO5/c1-6-21-13(20)14(2,3)8(17)7-16-11(18)9-10(12(16)19)15(9,4)5/h9-10H,6-7H2,1-5H3. The molecule has 21 heavy (non-hydrogen) atoms. The van der Waals surface area contributed by atoms with E-state index in [0.717, 1.165) is 4.90 Å². The van der Waals surface area contributed by atoms with E-state index in [1.807, 2.05) is 13.8 Å². The van der Waals surface area contributed by atoms with E-state index in [0.29, 0.717) is 0 Å². The molecule has 2 aliphatic rings. The number of hydrogen-bond acceptors (Lipinski definition) is 5. The molecule has 6 heteroatoms. The molecule has 2 rings (SSSR count). The Balaban J connectivity index is 2.07. The van der Waals surface area contributed by atoms with Gasteiger partial charge >= 0.3 is 5.97 Å². The fourth-order valence-electron chi connectivity index (χ4n) is 2.93. The van der Waals surface area contributed by atoms with E-state index >= 15 is 0 Å². The SMILES string of the molecule is CCOC(=O)C(C)(C)C(=O)CN1C(=O)C2C(C1=O)C2(C)C. The number of carbonyl (C=O) groups is 4. The van der Waals surface area contributed by atoms with Crippen LogP contribution in [0.2, 0.25) is 0 Å². The number of ketones is 1. The van der Waals surface area contributed by atoms with Crippen molar-refractivity contribution in [3.63, 3.8) is 0 Å². The van der Waals surface area contributed by atoms with Crippen LogP contribution in [0, 0.1) is 22.7 Å².